The van der Waals surface area contributed by atoms with Gasteiger partial charge in [-0.1, -0.05) is 12.8 Å². The molecule has 2 aliphatic carbocycles. The second-order valence-electron chi connectivity index (χ2n) is 7.00. The Labute approximate surface area is 141 Å². The molecule has 7 nitrogen and oxygen atoms in total. The van der Waals surface area contributed by atoms with Crippen molar-refractivity contribution in [2.75, 3.05) is 11.9 Å². The van der Waals surface area contributed by atoms with Crippen LogP contribution in [0, 0.1) is 11.8 Å². The number of nitrogens with zero attached hydrogens (tertiary/aromatic N) is 2. The summed E-state index contributed by atoms with van der Waals surface area (Å²) in [6.07, 6.45) is 7.75. The number of aliphatic hydroxyl groups excluding tert-OH is 1. The Hall–Kier alpha value is -1.89. The highest BCUT2D eigenvalue weighted by Crippen LogP contribution is 2.40. The Morgan fingerprint density at radius 2 is 2.04 bits per heavy atom. The lowest BCUT2D eigenvalue weighted by atomic mass is 9.85. The molecule has 2 fully saturated rings. The molecule has 2 aliphatic rings. The lowest BCUT2D eigenvalue weighted by Crippen LogP contribution is -2.47. The van der Waals surface area contributed by atoms with Crippen LogP contribution in [-0.4, -0.2) is 39.4 Å². The number of carbonyl (C=O) groups excluding carboxylic acids is 2. The minimum Gasteiger partial charge on any atom is -0.396 e. The standard InChI is InChI=1S/C17H26N4O3/c1-11(12-6-7-12)21-15(8-9-18-21)20-17(24)16(23)19-14-5-3-2-4-13(14)10-22/h8-9,11-14,22H,2-7,10H2,1H3,(H,19,23)(H,20,24). The normalized spacial score (nSPS) is 25.1. The molecule has 2 amide bonds. The monoisotopic (exact) mass is 334 g/mol. The molecule has 0 saturated heterocycles. The summed E-state index contributed by atoms with van der Waals surface area (Å²) in [5.74, 6) is -0.135. The number of hydrogen-bond donors (Lipinski definition) is 3. The summed E-state index contributed by atoms with van der Waals surface area (Å²) >= 11 is 0. The highest BCUT2D eigenvalue weighted by molar-refractivity contribution is 6.39. The SMILES string of the molecule is CC(C1CC1)n1nccc1NC(=O)C(=O)NC1CCCCC1CO. The lowest BCUT2D eigenvalue weighted by molar-refractivity contribution is -0.137. The Kier molecular flexibility index (Phi) is 5.18. The first-order valence-electron chi connectivity index (χ1n) is 8.86. The molecule has 1 aromatic heterocycles. The van der Waals surface area contributed by atoms with Crippen molar-refractivity contribution in [1.29, 1.82) is 0 Å². The van der Waals surface area contributed by atoms with Crippen LogP contribution in [0.15, 0.2) is 12.3 Å². The van der Waals surface area contributed by atoms with E-state index in [1.54, 1.807) is 16.9 Å². The van der Waals surface area contributed by atoms with Gasteiger partial charge in [0.25, 0.3) is 0 Å². The van der Waals surface area contributed by atoms with Crippen molar-refractivity contribution in [1.82, 2.24) is 15.1 Å². The number of aromatic nitrogens is 2. The number of hydrogen-bond acceptors (Lipinski definition) is 4. The average molecular weight is 334 g/mol. The van der Waals surface area contributed by atoms with E-state index in [1.165, 1.54) is 12.8 Å². The van der Waals surface area contributed by atoms with Crippen molar-refractivity contribution < 1.29 is 14.7 Å². The van der Waals surface area contributed by atoms with Gasteiger partial charge in [-0.3, -0.25) is 9.59 Å². The molecule has 7 heteroatoms. The molecule has 3 rings (SSSR count). The van der Waals surface area contributed by atoms with Gasteiger partial charge >= 0.3 is 11.8 Å². The zero-order chi connectivity index (χ0) is 17.1. The number of nitrogens with one attached hydrogen (secondary N) is 2. The van der Waals surface area contributed by atoms with Gasteiger partial charge in [-0.05, 0) is 38.5 Å². The third kappa shape index (κ3) is 3.77. The lowest BCUT2D eigenvalue weighted by Gasteiger charge is -2.30. The molecule has 132 valence electrons. The zero-order valence-corrected chi connectivity index (χ0v) is 14.1. The number of amides is 2. The van der Waals surface area contributed by atoms with Crippen molar-refractivity contribution in [2.45, 2.75) is 57.5 Å². The van der Waals surface area contributed by atoms with Crippen LogP contribution in [0.1, 0.15) is 51.5 Å². The van der Waals surface area contributed by atoms with Crippen LogP contribution in [0.5, 0.6) is 0 Å². The smallest absolute Gasteiger partial charge is 0.314 e. The molecule has 3 unspecified atom stereocenters. The number of carbonyl (C=O) groups is 2. The Morgan fingerprint density at radius 3 is 2.75 bits per heavy atom. The van der Waals surface area contributed by atoms with Crippen molar-refractivity contribution in [2.24, 2.45) is 11.8 Å². The van der Waals surface area contributed by atoms with Gasteiger partial charge in [0.1, 0.15) is 5.82 Å². The molecule has 1 heterocycles. The van der Waals surface area contributed by atoms with E-state index in [4.69, 9.17) is 0 Å². The largest absolute Gasteiger partial charge is 0.396 e. The van der Waals surface area contributed by atoms with Crippen molar-refractivity contribution in [3.63, 3.8) is 0 Å². The number of anilines is 1. The summed E-state index contributed by atoms with van der Waals surface area (Å²) in [6.45, 7) is 2.12. The molecule has 3 N–H and O–H groups in total. The number of aliphatic hydroxyl groups is 1. The first-order chi connectivity index (χ1) is 11.6. The summed E-state index contributed by atoms with van der Waals surface area (Å²) in [7, 11) is 0. The predicted molar refractivity (Wildman–Crippen MR) is 89.3 cm³/mol. The van der Waals surface area contributed by atoms with E-state index in [-0.39, 0.29) is 24.6 Å². The van der Waals surface area contributed by atoms with Crippen LogP contribution in [0.25, 0.3) is 0 Å². The highest BCUT2D eigenvalue weighted by atomic mass is 16.3. The van der Waals surface area contributed by atoms with Crippen LogP contribution in [0.2, 0.25) is 0 Å². The van der Waals surface area contributed by atoms with E-state index in [0.29, 0.717) is 11.7 Å². The summed E-state index contributed by atoms with van der Waals surface area (Å²) in [5, 5.41) is 19.1. The second-order valence-corrected chi connectivity index (χ2v) is 7.00. The van der Waals surface area contributed by atoms with E-state index in [0.717, 1.165) is 25.7 Å². The Balaban J connectivity index is 1.58. The van der Waals surface area contributed by atoms with Gasteiger partial charge in [0.05, 0.1) is 12.2 Å². The van der Waals surface area contributed by atoms with Gasteiger partial charge < -0.3 is 15.7 Å². The average Bonchev–Trinajstić information content (AvgIpc) is 3.34. The van der Waals surface area contributed by atoms with Gasteiger partial charge in [0.2, 0.25) is 0 Å². The van der Waals surface area contributed by atoms with Crippen molar-refractivity contribution >= 4 is 17.6 Å². The molecule has 1 aromatic rings. The molecule has 0 aromatic carbocycles. The molecular weight excluding hydrogens is 308 g/mol. The minimum absolute atomic E-state index is 0.0379. The third-order valence-electron chi connectivity index (χ3n) is 5.27. The highest BCUT2D eigenvalue weighted by Gasteiger charge is 2.32. The summed E-state index contributed by atoms with van der Waals surface area (Å²) < 4.78 is 1.78. The maximum absolute atomic E-state index is 12.2. The quantitative estimate of drug-likeness (QED) is 0.710. The minimum atomic E-state index is -0.679. The maximum atomic E-state index is 12.2. The van der Waals surface area contributed by atoms with E-state index < -0.39 is 11.8 Å². The van der Waals surface area contributed by atoms with Crippen molar-refractivity contribution in [3.8, 4) is 0 Å². The van der Waals surface area contributed by atoms with Crippen LogP contribution in [0.4, 0.5) is 5.82 Å². The maximum Gasteiger partial charge on any atom is 0.314 e. The van der Waals surface area contributed by atoms with Crippen LogP contribution < -0.4 is 10.6 Å². The molecule has 0 aliphatic heterocycles. The summed E-state index contributed by atoms with van der Waals surface area (Å²) in [4.78, 5) is 24.4. The van der Waals surface area contributed by atoms with E-state index in [9.17, 15) is 14.7 Å². The second kappa shape index (κ2) is 7.34. The summed E-state index contributed by atoms with van der Waals surface area (Å²) in [6, 6.07) is 1.80. The fourth-order valence-corrected chi connectivity index (χ4v) is 3.54. The first kappa shape index (κ1) is 17.0. The summed E-state index contributed by atoms with van der Waals surface area (Å²) in [5.41, 5.74) is 0. The fraction of sp³-hybridized carbons (Fsp3) is 0.706. The molecule has 3 atom stereocenters. The van der Waals surface area contributed by atoms with Crippen LogP contribution in [0.3, 0.4) is 0 Å². The zero-order valence-electron chi connectivity index (χ0n) is 14.1. The predicted octanol–water partition coefficient (Wildman–Crippen LogP) is 1.46. The van der Waals surface area contributed by atoms with E-state index >= 15 is 0 Å². The molecule has 0 radical (unpaired) electrons. The van der Waals surface area contributed by atoms with Gasteiger partial charge in [0.15, 0.2) is 0 Å². The van der Waals surface area contributed by atoms with Gasteiger partial charge in [-0.15, -0.1) is 0 Å². The molecule has 0 spiro atoms. The van der Waals surface area contributed by atoms with Gasteiger partial charge in [-0.2, -0.15) is 5.10 Å². The molecular formula is C17H26N4O3. The Bertz CT molecular complexity index is 596. The number of rotatable bonds is 5. The van der Waals surface area contributed by atoms with Crippen molar-refractivity contribution in [3.05, 3.63) is 12.3 Å². The Morgan fingerprint density at radius 1 is 1.29 bits per heavy atom. The molecule has 2 saturated carbocycles. The van der Waals surface area contributed by atoms with Gasteiger partial charge in [-0.25, -0.2) is 4.68 Å². The topological polar surface area (TPSA) is 96.2 Å². The first-order valence-corrected chi connectivity index (χ1v) is 8.86. The molecule has 0 bridgehead atoms. The van der Waals surface area contributed by atoms with E-state index in [2.05, 4.69) is 22.7 Å². The molecule has 24 heavy (non-hydrogen) atoms. The van der Waals surface area contributed by atoms with Gasteiger partial charge in [0, 0.05) is 24.6 Å². The third-order valence-corrected chi connectivity index (χ3v) is 5.27. The fourth-order valence-electron chi connectivity index (χ4n) is 3.54. The van der Waals surface area contributed by atoms with E-state index in [1.807, 2.05) is 0 Å². The van der Waals surface area contributed by atoms with Crippen LogP contribution in [-0.2, 0) is 9.59 Å². The van der Waals surface area contributed by atoms with Crippen LogP contribution >= 0.6 is 0 Å².